The van der Waals surface area contributed by atoms with Gasteiger partial charge in [0.25, 0.3) is 5.89 Å². The Kier molecular flexibility index (Phi) is 6.14. The predicted molar refractivity (Wildman–Crippen MR) is 123 cm³/mol. The van der Waals surface area contributed by atoms with Crippen molar-refractivity contribution in [1.82, 2.24) is 20.2 Å². The fourth-order valence-electron chi connectivity index (χ4n) is 3.79. The van der Waals surface area contributed by atoms with Gasteiger partial charge in [-0.3, -0.25) is 0 Å². The number of sulfone groups is 1. The molecule has 4 rings (SSSR count). The van der Waals surface area contributed by atoms with Gasteiger partial charge in [-0.05, 0) is 44.7 Å². The first-order valence-corrected chi connectivity index (χ1v) is 12.4. The molecule has 32 heavy (non-hydrogen) atoms. The third-order valence-corrected chi connectivity index (χ3v) is 8.05. The van der Waals surface area contributed by atoms with Crippen molar-refractivity contribution in [1.29, 1.82) is 0 Å². The van der Waals surface area contributed by atoms with Crippen LogP contribution < -0.4 is 10.6 Å². The van der Waals surface area contributed by atoms with Crippen LogP contribution in [-0.2, 0) is 9.84 Å². The van der Waals surface area contributed by atoms with Gasteiger partial charge in [0.2, 0.25) is 0 Å². The summed E-state index contributed by atoms with van der Waals surface area (Å²) in [4.78, 5) is 11.2. The maximum absolute atomic E-state index is 12.4. The lowest BCUT2D eigenvalue weighted by molar-refractivity contribution is 0.385. The van der Waals surface area contributed by atoms with Crippen molar-refractivity contribution < 1.29 is 12.8 Å². The van der Waals surface area contributed by atoms with E-state index in [2.05, 4.69) is 32.0 Å². The molecular formula is C22H28N6O3S. The van der Waals surface area contributed by atoms with Crippen LogP contribution in [0.4, 0.5) is 11.8 Å². The number of hydrogen-bond acceptors (Lipinski definition) is 9. The molecule has 0 aliphatic carbocycles. The third-order valence-electron chi connectivity index (χ3n) is 5.88. The maximum atomic E-state index is 12.4. The van der Waals surface area contributed by atoms with E-state index in [1.807, 2.05) is 0 Å². The van der Waals surface area contributed by atoms with E-state index in [1.165, 1.54) is 6.42 Å². The van der Waals surface area contributed by atoms with Crippen LogP contribution in [0.3, 0.4) is 0 Å². The van der Waals surface area contributed by atoms with Crippen LogP contribution in [0.1, 0.15) is 40.0 Å². The largest absolute Gasteiger partial charge is 0.401 e. The molecule has 1 aromatic carbocycles. The molecule has 1 fully saturated rings. The SMILES string of the molecule is CCC1CCCN(c2nnc(-c3nc(-c4ccc(S(=O)(=O)C(C)C)cc4)cnc3N)o2)C1. The molecule has 1 saturated heterocycles. The van der Waals surface area contributed by atoms with E-state index in [0.717, 1.165) is 25.9 Å². The zero-order valence-corrected chi connectivity index (χ0v) is 19.3. The lowest BCUT2D eigenvalue weighted by atomic mass is 9.96. The molecule has 2 N–H and O–H groups in total. The summed E-state index contributed by atoms with van der Waals surface area (Å²) in [5.41, 5.74) is 7.61. The summed E-state index contributed by atoms with van der Waals surface area (Å²) in [5.74, 6) is 1.02. The van der Waals surface area contributed by atoms with Crippen LogP contribution in [0.5, 0.6) is 0 Å². The first kappa shape index (κ1) is 22.2. The minimum Gasteiger partial charge on any atom is -0.401 e. The van der Waals surface area contributed by atoms with E-state index in [0.29, 0.717) is 28.9 Å². The first-order valence-electron chi connectivity index (χ1n) is 10.8. The molecule has 3 aromatic rings. The quantitative estimate of drug-likeness (QED) is 0.591. The monoisotopic (exact) mass is 456 g/mol. The summed E-state index contributed by atoms with van der Waals surface area (Å²) in [6.45, 7) is 7.29. The number of nitrogens with two attached hydrogens (primary N) is 1. The molecular weight excluding hydrogens is 428 g/mol. The van der Waals surface area contributed by atoms with Crippen LogP contribution in [0.2, 0.25) is 0 Å². The molecule has 0 amide bonds. The van der Waals surface area contributed by atoms with Crippen molar-refractivity contribution in [3.05, 3.63) is 30.5 Å². The standard InChI is InChI=1S/C22H28N6O3S/c1-4-15-6-5-11-28(13-15)22-27-26-21(31-22)19-20(23)24-12-18(25-19)16-7-9-17(10-8-16)32(29,30)14(2)3/h7-10,12,14-15H,4-6,11,13H2,1-3H3,(H2,23,24). The van der Waals surface area contributed by atoms with Crippen molar-refractivity contribution in [2.75, 3.05) is 23.7 Å². The number of benzene rings is 1. The van der Waals surface area contributed by atoms with Gasteiger partial charge >= 0.3 is 6.01 Å². The highest BCUT2D eigenvalue weighted by Crippen LogP contribution is 2.30. The summed E-state index contributed by atoms with van der Waals surface area (Å²) in [7, 11) is -3.34. The van der Waals surface area contributed by atoms with Gasteiger partial charge < -0.3 is 15.1 Å². The Morgan fingerprint density at radius 2 is 1.97 bits per heavy atom. The molecule has 9 nitrogen and oxygen atoms in total. The van der Waals surface area contributed by atoms with Gasteiger partial charge in [-0.25, -0.2) is 18.4 Å². The molecule has 1 aliphatic rings. The van der Waals surface area contributed by atoms with Gasteiger partial charge in [-0.15, -0.1) is 5.10 Å². The van der Waals surface area contributed by atoms with Gasteiger partial charge in [-0.1, -0.05) is 30.6 Å². The van der Waals surface area contributed by atoms with Gasteiger partial charge in [-0.2, -0.15) is 0 Å². The molecule has 1 unspecified atom stereocenters. The molecule has 0 spiro atoms. The minimum absolute atomic E-state index is 0.188. The number of hydrogen-bond donors (Lipinski definition) is 1. The van der Waals surface area contributed by atoms with Gasteiger partial charge in [0.05, 0.1) is 22.0 Å². The molecule has 0 bridgehead atoms. The Morgan fingerprint density at radius 3 is 2.66 bits per heavy atom. The normalized spacial score (nSPS) is 17.1. The van der Waals surface area contributed by atoms with Crippen LogP contribution in [0.25, 0.3) is 22.8 Å². The van der Waals surface area contributed by atoms with E-state index in [-0.39, 0.29) is 16.6 Å². The average molecular weight is 457 g/mol. The average Bonchev–Trinajstić information content (AvgIpc) is 3.29. The summed E-state index contributed by atoms with van der Waals surface area (Å²) in [5, 5.41) is 7.87. The highest BCUT2D eigenvalue weighted by molar-refractivity contribution is 7.92. The van der Waals surface area contributed by atoms with Gasteiger partial charge in [0.15, 0.2) is 21.3 Å². The molecule has 2 aromatic heterocycles. The van der Waals surface area contributed by atoms with E-state index in [4.69, 9.17) is 10.2 Å². The fourth-order valence-corrected chi connectivity index (χ4v) is 4.85. The molecule has 3 heterocycles. The Morgan fingerprint density at radius 1 is 1.22 bits per heavy atom. The molecule has 170 valence electrons. The Hall–Kier alpha value is -3.01. The fraction of sp³-hybridized carbons (Fsp3) is 0.455. The summed E-state index contributed by atoms with van der Waals surface area (Å²) < 4.78 is 30.6. The lowest BCUT2D eigenvalue weighted by Gasteiger charge is -2.30. The molecule has 0 saturated carbocycles. The Bertz CT molecular complexity index is 1190. The molecule has 0 radical (unpaired) electrons. The van der Waals surface area contributed by atoms with Crippen LogP contribution in [-0.4, -0.2) is 46.9 Å². The zero-order chi connectivity index (χ0) is 22.9. The second kappa shape index (κ2) is 8.85. The smallest absolute Gasteiger partial charge is 0.318 e. The highest BCUT2D eigenvalue weighted by Gasteiger charge is 2.24. The second-order valence-corrected chi connectivity index (χ2v) is 10.9. The van der Waals surface area contributed by atoms with Gasteiger partial charge in [0, 0.05) is 18.7 Å². The topological polar surface area (TPSA) is 128 Å². The number of aromatic nitrogens is 4. The number of piperidine rings is 1. The van der Waals surface area contributed by atoms with Crippen LogP contribution in [0, 0.1) is 5.92 Å². The third kappa shape index (κ3) is 4.32. The summed E-state index contributed by atoms with van der Waals surface area (Å²) >= 11 is 0. The number of rotatable bonds is 6. The molecule has 1 atom stereocenters. The van der Waals surface area contributed by atoms with E-state index >= 15 is 0 Å². The van der Waals surface area contributed by atoms with Crippen LogP contribution in [0.15, 0.2) is 39.8 Å². The number of nitrogen functional groups attached to an aromatic ring is 1. The molecule has 1 aliphatic heterocycles. The van der Waals surface area contributed by atoms with Crippen LogP contribution >= 0.6 is 0 Å². The first-order chi connectivity index (χ1) is 15.3. The summed E-state index contributed by atoms with van der Waals surface area (Å²) in [6, 6.07) is 7.03. The van der Waals surface area contributed by atoms with Crippen molar-refractivity contribution in [2.45, 2.75) is 50.2 Å². The number of anilines is 2. The Balaban J connectivity index is 1.61. The van der Waals surface area contributed by atoms with Crippen molar-refractivity contribution in [2.24, 2.45) is 5.92 Å². The maximum Gasteiger partial charge on any atom is 0.318 e. The summed E-state index contributed by atoms with van der Waals surface area (Å²) in [6.07, 6.45) is 4.97. The lowest BCUT2D eigenvalue weighted by Crippen LogP contribution is -2.35. The van der Waals surface area contributed by atoms with E-state index in [1.54, 1.807) is 44.3 Å². The van der Waals surface area contributed by atoms with Crippen molar-refractivity contribution in [3.8, 4) is 22.8 Å². The van der Waals surface area contributed by atoms with Crippen molar-refractivity contribution >= 4 is 21.7 Å². The number of nitrogens with zero attached hydrogens (tertiary/aromatic N) is 5. The predicted octanol–water partition coefficient (Wildman–Crippen LogP) is 3.58. The second-order valence-electron chi connectivity index (χ2n) is 8.36. The van der Waals surface area contributed by atoms with Gasteiger partial charge in [0.1, 0.15) is 0 Å². The van der Waals surface area contributed by atoms with E-state index in [9.17, 15) is 8.42 Å². The van der Waals surface area contributed by atoms with E-state index < -0.39 is 15.1 Å². The van der Waals surface area contributed by atoms with Crippen molar-refractivity contribution in [3.63, 3.8) is 0 Å². The minimum atomic E-state index is -3.34. The Labute approximate surface area is 188 Å². The zero-order valence-electron chi connectivity index (χ0n) is 18.5. The highest BCUT2D eigenvalue weighted by atomic mass is 32.2. The molecule has 10 heteroatoms.